The van der Waals surface area contributed by atoms with Gasteiger partial charge in [-0.05, 0) is 37.6 Å². The van der Waals surface area contributed by atoms with Crippen molar-refractivity contribution >= 4 is 11.2 Å². The smallest absolute Gasteiger partial charge is 0.328 e. The first kappa shape index (κ1) is 19.6. The summed E-state index contributed by atoms with van der Waals surface area (Å²) in [5.41, 5.74) is 2.52. The van der Waals surface area contributed by atoms with Crippen molar-refractivity contribution in [2.75, 3.05) is 13.7 Å². The number of nitrogens with zero attached hydrogens (tertiary/aromatic N) is 3. The van der Waals surface area contributed by atoms with Crippen LogP contribution in [-0.2, 0) is 0 Å². The van der Waals surface area contributed by atoms with E-state index in [9.17, 15) is 4.39 Å². The topological polar surface area (TPSA) is 79.5 Å². The third-order valence-electron chi connectivity index (χ3n) is 4.24. The second-order valence-corrected chi connectivity index (χ2v) is 6.60. The molecule has 0 atom stereocenters. The molecule has 2 aromatic heterocycles. The second-order valence-electron chi connectivity index (χ2n) is 6.60. The van der Waals surface area contributed by atoms with E-state index >= 15 is 0 Å². The second kappa shape index (κ2) is 8.36. The fraction of sp³-hybridized carbons (Fsp3) is 0.227. The maximum absolute atomic E-state index is 13.5. The maximum Gasteiger partial charge on any atom is 0.328 e. The minimum Gasteiger partial charge on any atom is -0.493 e. The largest absolute Gasteiger partial charge is 0.493 e. The van der Waals surface area contributed by atoms with E-state index in [-0.39, 0.29) is 29.1 Å². The number of aryl methyl sites for hydroxylation is 1. The summed E-state index contributed by atoms with van der Waals surface area (Å²) >= 11 is 0. The molecule has 2 heterocycles. The molecule has 2 aromatic carbocycles. The first-order chi connectivity index (χ1) is 14.6. The van der Waals surface area contributed by atoms with Crippen LogP contribution >= 0.6 is 0 Å². The first-order valence-corrected chi connectivity index (χ1v) is 9.47. The molecule has 4 aromatic rings. The molecule has 0 aliphatic carbocycles. The van der Waals surface area contributed by atoms with Gasteiger partial charge in [-0.1, -0.05) is 24.6 Å². The van der Waals surface area contributed by atoms with Crippen molar-refractivity contribution in [2.24, 2.45) is 0 Å². The SMILES string of the molecule is CCCOc1nc(Oc2ccc(F)cc2OC)nc2oc(-c3cccc(C)c3)nc12. The molecule has 8 heteroatoms. The number of oxazole rings is 1. The third-order valence-corrected chi connectivity index (χ3v) is 4.24. The van der Waals surface area contributed by atoms with Gasteiger partial charge in [-0.25, -0.2) is 9.37 Å². The van der Waals surface area contributed by atoms with Gasteiger partial charge in [0, 0.05) is 11.6 Å². The van der Waals surface area contributed by atoms with Crippen LogP contribution < -0.4 is 14.2 Å². The highest BCUT2D eigenvalue weighted by Crippen LogP contribution is 2.34. The average molecular weight is 409 g/mol. The Balaban J connectivity index is 1.77. The Labute approximate surface area is 172 Å². The summed E-state index contributed by atoms with van der Waals surface area (Å²) in [6, 6.07) is 11.7. The summed E-state index contributed by atoms with van der Waals surface area (Å²) in [5.74, 6) is 0.688. The molecule has 7 nitrogen and oxygen atoms in total. The highest BCUT2D eigenvalue weighted by molar-refractivity contribution is 5.78. The fourth-order valence-corrected chi connectivity index (χ4v) is 2.85. The van der Waals surface area contributed by atoms with Gasteiger partial charge in [0.05, 0.1) is 13.7 Å². The van der Waals surface area contributed by atoms with E-state index in [4.69, 9.17) is 18.6 Å². The summed E-state index contributed by atoms with van der Waals surface area (Å²) in [7, 11) is 1.42. The Hall–Kier alpha value is -3.68. The molecule has 0 amide bonds. The lowest BCUT2D eigenvalue weighted by atomic mass is 10.1. The zero-order valence-corrected chi connectivity index (χ0v) is 16.8. The summed E-state index contributed by atoms with van der Waals surface area (Å²) in [5, 5.41) is 0. The van der Waals surface area contributed by atoms with Crippen LogP contribution in [0.1, 0.15) is 18.9 Å². The zero-order chi connectivity index (χ0) is 21.1. The van der Waals surface area contributed by atoms with Crippen LogP contribution in [0.15, 0.2) is 46.9 Å². The molecular formula is C22H20FN3O4. The van der Waals surface area contributed by atoms with E-state index in [1.165, 1.54) is 25.3 Å². The van der Waals surface area contributed by atoms with Crippen LogP contribution in [0.25, 0.3) is 22.7 Å². The Morgan fingerprint density at radius 1 is 1.03 bits per heavy atom. The predicted octanol–water partition coefficient (Wildman–Crippen LogP) is 5.32. The molecule has 0 aliphatic rings. The number of rotatable bonds is 7. The van der Waals surface area contributed by atoms with E-state index < -0.39 is 5.82 Å². The molecular weight excluding hydrogens is 389 g/mol. The number of fused-ring (bicyclic) bond motifs is 1. The molecule has 0 saturated carbocycles. The molecule has 0 aliphatic heterocycles. The quantitative estimate of drug-likeness (QED) is 0.408. The van der Waals surface area contributed by atoms with Gasteiger partial charge in [-0.2, -0.15) is 9.97 Å². The van der Waals surface area contributed by atoms with Crippen LogP contribution in [0.5, 0.6) is 23.4 Å². The number of aromatic nitrogens is 3. The van der Waals surface area contributed by atoms with Crippen molar-refractivity contribution < 1.29 is 23.0 Å². The van der Waals surface area contributed by atoms with E-state index in [2.05, 4.69) is 15.0 Å². The van der Waals surface area contributed by atoms with Crippen molar-refractivity contribution in [3.05, 3.63) is 53.8 Å². The Morgan fingerprint density at radius 2 is 1.90 bits per heavy atom. The molecule has 154 valence electrons. The van der Waals surface area contributed by atoms with Gasteiger partial charge in [-0.15, -0.1) is 0 Å². The van der Waals surface area contributed by atoms with Crippen LogP contribution in [-0.4, -0.2) is 28.7 Å². The van der Waals surface area contributed by atoms with Crippen LogP contribution in [0.4, 0.5) is 4.39 Å². The highest BCUT2D eigenvalue weighted by atomic mass is 19.1. The summed E-state index contributed by atoms with van der Waals surface area (Å²) in [4.78, 5) is 13.2. The van der Waals surface area contributed by atoms with E-state index in [1.54, 1.807) is 0 Å². The van der Waals surface area contributed by atoms with E-state index in [0.29, 0.717) is 18.0 Å². The number of hydrogen-bond acceptors (Lipinski definition) is 7. The maximum atomic E-state index is 13.5. The van der Waals surface area contributed by atoms with E-state index in [1.807, 2.05) is 38.1 Å². The number of halogens is 1. The van der Waals surface area contributed by atoms with Crippen LogP contribution in [0.3, 0.4) is 0 Å². The first-order valence-electron chi connectivity index (χ1n) is 9.47. The number of hydrogen-bond donors (Lipinski definition) is 0. The van der Waals surface area contributed by atoms with Gasteiger partial charge in [0.1, 0.15) is 5.82 Å². The van der Waals surface area contributed by atoms with Gasteiger partial charge in [0.15, 0.2) is 17.0 Å². The molecule has 30 heavy (non-hydrogen) atoms. The summed E-state index contributed by atoms with van der Waals surface area (Å²) in [6.07, 6.45) is 0.788. The Bertz CT molecular complexity index is 1190. The lowest BCUT2D eigenvalue weighted by Crippen LogP contribution is -2.01. The molecule has 0 radical (unpaired) electrons. The molecule has 0 unspecified atom stereocenters. The van der Waals surface area contributed by atoms with Crippen molar-refractivity contribution in [3.8, 4) is 34.8 Å². The molecule has 0 saturated heterocycles. The van der Waals surface area contributed by atoms with Gasteiger partial charge in [0.25, 0.3) is 11.6 Å². The molecule has 0 fully saturated rings. The van der Waals surface area contributed by atoms with Gasteiger partial charge in [0.2, 0.25) is 5.89 Å². The monoisotopic (exact) mass is 409 g/mol. The minimum absolute atomic E-state index is 0.0227. The van der Waals surface area contributed by atoms with E-state index in [0.717, 1.165) is 17.5 Å². The van der Waals surface area contributed by atoms with Gasteiger partial charge in [-0.3, -0.25) is 0 Å². The fourth-order valence-electron chi connectivity index (χ4n) is 2.85. The lowest BCUT2D eigenvalue weighted by molar-refractivity contribution is 0.300. The minimum atomic E-state index is -0.444. The highest BCUT2D eigenvalue weighted by Gasteiger charge is 2.19. The van der Waals surface area contributed by atoms with Crippen molar-refractivity contribution in [1.29, 1.82) is 0 Å². The summed E-state index contributed by atoms with van der Waals surface area (Å²) in [6.45, 7) is 4.42. The lowest BCUT2D eigenvalue weighted by Gasteiger charge is -2.10. The van der Waals surface area contributed by atoms with Gasteiger partial charge < -0.3 is 18.6 Å². The Morgan fingerprint density at radius 3 is 2.67 bits per heavy atom. The third kappa shape index (κ3) is 4.03. The summed E-state index contributed by atoms with van der Waals surface area (Å²) < 4.78 is 36.0. The molecule has 0 N–H and O–H groups in total. The predicted molar refractivity (Wildman–Crippen MR) is 109 cm³/mol. The number of methoxy groups -OCH3 is 1. The van der Waals surface area contributed by atoms with Crippen molar-refractivity contribution in [3.63, 3.8) is 0 Å². The Kier molecular flexibility index (Phi) is 5.47. The number of ether oxygens (including phenoxy) is 3. The van der Waals surface area contributed by atoms with Gasteiger partial charge >= 0.3 is 6.01 Å². The molecule has 0 bridgehead atoms. The molecule has 0 spiro atoms. The average Bonchev–Trinajstić information content (AvgIpc) is 3.17. The van der Waals surface area contributed by atoms with Crippen LogP contribution in [0.2, 0.25) is 0 Å². The van der Waals surface area contributed by atoms with Crippen molar-refractivity contribution in [1.82, 2.24) is 15.0 Å². The number of benzene rings is 2. The van der Waals surface area contributed by atoms with Crippen molar-refractivity contribution in [2.45, 2.75) is 20.3 Å². The standard InChI is InChI=1S/C22H20FN3O4/c1-4-10-28-20-18-21(30-19(24-18)14-7-5-6-13(2)11-14)26-22(25-20)29-16-9-8-15(23)12-17(16)27-3/h5-9,11-12H,4,10H2,1-3H3. The normalized spacial score (nSPS) is 10.9. The van der Waals surface area contributed by atoms with Crippen LogP contribution in [0, 0.1) is 12.7 Å². The zero-order valence-electron chi connectivity index (χ0n) is 16.8. The molecule has 4 rings (SSSR count).